The van der Waals surface area contributed by atoms with Crippen molar-refractivity contribution in [2.24, 2.45) is 5.92 Å². The lowest BCUT2D eigenvalue weighted by Crippen LogP contribution is -2.37. The normalized spacial score (nSPS) is 12.0. The molecule has 0 saturated carbocycles. The summed E-state index contributed by atoms with van der Waals surface area (Å²) in [6.07, 6.45) is -1.57. The molecule has 0 saturated heterocycles. The van der Waals surface area contributed by atoms with E-state index in [4.69, 9.17) is 0 Å². The van der Waals surface area contributed by atoms with E-state index in [-0.39, 0.29) is 6.42 Å². The maximum Gasteiger partial charge on any atom is 0.0449 e. The molecule has 0 spiro atoms. The lowest BCUT2D eigenvalue weighted by molar-refractivity contribution is -0.321. The Morgan fingerprint density at radius 2 is 1.54 bits per heavy atom. The summed E-state index contributed by atoms with van der Waals surface area (Å²) in [5.41, 5.74) is 0. The molecule has 6 nitrogen and oxygen atoms in total. The van der Waals surface area contributed by atoms with Gasteiger partial charge < -0.3 is 29.7 Å². The summed E-state index contributed by atoms with van der Waals surface area (Å²) in [6, 6.07) is 0. The van der Waals surface area contributed by atoms with E-state index in [1.807, 2.05) is 0 Å². The number of carboxylic acids is 3. The molecule has 0 amide bonds. The van der Waals surface area contributed by atoms with E-state index >= 15 is 0 Å². The Morgan fingerprint density at radius 1 is 1.00 bits per heavy atom. The van der Waals surface area contributed by atoms with Crippen LogP contribution < -0.4 is 15.3 Å². The summed E-state index contributed by atoms with van der Waals surface area (Å²) < 4.78 is 0. The van der Waals surface area contributed by atoms with Crippen molar-refractivity contribution < 1.29 is 29.7 Å². The van der Waals surface area contributed by atoms with Crippen LogP contribution in [0.4, 0.5) is 0 Å². The molecule has 0 unspecified atom stereocenters. The maximum absolute atomic E-state index is 10.2. The second kappa shape index (κ2) is 5.13. The van der Waals surface area contributed by atoms with Crippen LogP contribution in [0.2, 0.25) is 0 Å². The summed E-state index contributed by atoms with van der Waals surface area (Å²) >= 11 is 0. The quantitative estimate of drug-likeness (QED) is 0.418. The van der Waals surface area contributed by atoms with Crippen molar-refractivity contribution in [2.75, 3.05) is 0 Å². The molecule has 0 bridgehead atoms. The largest absolute Gasteiger partial charge is 0.550 e. The first kappa shape index (κ1) is 11.4. The highest BCUT2D eigenvalue weighted by Gasteiger charge is 2.09. The van der Waals surface area contributed by atoms with Crippen LogP contribution in [0.15, 0.2) is 0 Å². The third kappa shape index (κ3) is 5.66. The Labute approximate surface area is 73.8 Å². The van der Waals surface area contributed by atoms with Crippen LogP contribution in [-0.4, -0.2) is 17.9 Å². The van der Waals surface area contributed by atoms with Crippen molar-refractivity contribution >= 4 is 17.9 Å². The van der Waals surface area contributed by atoms with Crippen LogP contribution in [0.1, 0.15) is 19.3 Å². The van der Waals surface area contributed by atoms with Gasteiger partial charge in [-0.2, -0.15) is 0 Å². The van der Waals surface area contributed by atoms with E-state index in [1.54, 1.807) is 0 Å². The van der Waals surface area contributed by atoms with Gasteiger partial charge in [-0.1, -0.05) is 0 Å². The molecule has 0 rings (SSSR count). The highest BCUT2D eigenvalue weighted by Crippen LogP contribution is 2.09. The zero-order chi connectivity index (χ0) is 10.4. The minimum atomic E-state index is -1.59. The third-order valence-electron chi connectivity index (χ3n) is 1.44. The van der Waals surface area contributed by atoms with Gasteiger partial charge in [0.15, 0.2) is 0 Å². The summed E-state index contributed by atoms with van der Waals surface area (Å²) in [5.74, 6) is -5.90. The lowest BCUT2D eigenvalue weighted by atomic mass is 10.00. The number of hydrogen-bond acceptors (Lipinski definition) is 6. The first-order valence-corrected chi connectivity index (χ1v) is 3.54. The van der Waals surface area contributed by atoms with Crippen LogP contribution in [-0.2, 0) is 14.4 Å². The van der Waals surface area contributed by atoms with Crippen molar-refractivity contribution in [3.05, 3.63) is 0 Å². The zero-order valence-electron chi connectivity index (χ0n) is 6.65. The second-order valence-electron chi connectivity index (χ2n) is 2.50. The molecule has 0 aliphatic heterocycles. The molecule has 6 heteroatoms. The van der Waals surface area contributed by atoms with E-state index in [1.165, 1.54) is 0 Å². The number of carbonyl (C=O) groups excluding carboxylic acids is 3. The van der Waals surface area contributed by atoms with E-state index in [9.17, 15) is 29.7 Å². The Kier molecular flexibility index (Phi) is 4.50. The van der Waals surface area contributed by atoms with Gasteiger partial charge in [-0.25, -0.2) is 0 Å². The summed E-state index contributed by atoms with van der Waals surface area (Å²) in [7, 11) is 0. The van der Waals surface area contributed by atoms with Gasteiger partial charge >= 0.3 is 0 Å². The van der Waals surface area contributed by atoms with Crippen LogP contribution in [0.5, 0.6) is 0 Å². The molecule has 0 aromatic rings. The van der Waals surface area contributed by atoms with Gasteiger partial charge in [0.25, 0.3) is 0 Å². The molecular weight excluding hydrogens is 180 g/mol. The maximum atomic E-state index is 10.2. The number of hydrogen-bond donors (Lipinski definition) is 0. The van der Waals surface area contributed by atoms with Gasteiger partial charge in [0, 0.05) is 23.8 Å². The highest BCUT2D eigenvalue weighted by molar-refractivity contribution is 5.76. The van der Waals surface area contributed by atoms with Gasteiger partial charge in [-0.15, -0.1) is 0 Å². The number of aliphatic carboxylic acids is 3. The molecule has 74 valence electrons. The predicted octanol–water partition coefficient (Wildman–Crippen LogP) is -3.98. The molecule has 1 atom stereocenters. The fourth-order valence-corrected chi connectivity index (χ4v) is 0.797. The van der Waals surface area contributed by atoms with Crippen molar-refractivity contribution in [2.45, 2.75) is 19.3 Å². The predicted molar refractivity (Wildman–Crippen MR) is 32.4 cm³/mol. The Bertz CT molecular complexity index is 221. The zero-order valence-corrected chi connectivity index (χ0v) is 6.65. The highest BCUT2D eigenvalue weighted by atomic mass is 16.4. The van der Waals surface area contributed by atoms with Crippen molar-refractivity contribution in [1.82, 2.24) is 0 Å². The van der Waals surface area contributed by atoms with Crippen LogP contribution in [0.3, 0.4) is 0 Å². The molecule has 0 aromatic heterocycles. The SMILES string of the molecule is O=C([O-])CC[C@@H](CC(=O)[O-])C(=O)[O-]. The second-order valence-corrected chi connectivity index (χ2v) is 2.50. The number of carboxylic acid groups (broad SMARTS) is 3. The van der Waals surface area contributed by atoms with Crippen LogP contribution >= 0.6 is 0 Å². The van der Waals surface area contributed by atoms with E-state index < -0.39 is 36.7 Å². The smallest absolute Gasteiger partial charge is 0.0449 e. The monoisotopic (exact) mass is 187 g/mol. The Morgan fingerprint density at radius 3 is 1.85 bits per heavy atom. The average molecular weight is 187 g/mol. The topological polar surface area (TPSA) is 120 Å². The van der Waals surface area contributed by atoms with Gasteiger partial charge in [0.1, 0.15) is 0 Å². The molecule has 0 radical (unpaired) electrons. The summed E-state index contributed by atoms with van der Waals surface area (Å²) in [5, 5.41) is 30.2. The Hall–Kier alpha value is -1.59. The minimum Gasteiger partial charge on any atom is -0.550 e. The third-order valence-corrected chi connectivity index (χ3v) is 1.44. The van der Waals surface area contributed by atoms with E-state index in [0.717, 1.165) is 0 Å². The van der Waals surface area contributed by atoms with Crippen LogP contribution in [0.25, 0.3) is 0 Å². The first-order chi connectivity index (χ1) is 5.93. The summed E-state index contributed by atoms with van der Waals surface area (Å²) in [4.78, 5) is 30.2. The molecule has 0 heterocycles. The molecule has 0 N–H and O–H groups in total. The lowest BCUT2D eigenvalue weighted by Gasteiger charge is -2.18. The summed E-state index contributed by atoms with van der Waals surface area (Å²) in [6.45, 7) is 0. The minimum absolute atomic E-state index is 0.321. The molecule has 0 fully saturated rings. The first-order valence-electron chi connectivity index (χ1n) is 3.54. The Balaban J connectivity index is 4.02. The van der Waals surface area contributed by atoms with Crippen molar-refractivity contribution in [1.29, 1.82) is 0 Å². The van der Waals surface area contributed by atoms with Gasteiger partial charge in [-0.3, -0.25) is 0 Å². The standard InChI is InChI=1S/C7H10O6/c8-5(9)2-1-4(7(12)13)3-6(10)11/h4H,1-3H2,(H,8,9)(H,10,11)(H,12,13)/p-3/t4-/m0/s1. The molecule has 13 heavy (non-hydrogen) atoms. The average Bonchev–Trinajstić information content (AvgIpc) is 1.96. The van der Waals surface area contributed by atoms with Gasteiger partial charge in [-0.05, 0) is 19.3 Å². The fraction of sp³-hybridized carbons (Fsp3) is 0.571. The van der Waals surface area contributed by atoms with Crippen molar-refractivity contribution in [3.63, 3.8) is 0 Å². The number of rotatable bonds is 6. The molecule has 0 aliphatic rings. The van der Waals surface area contributed by atoms with E-state index in [2.05, 4.69) is 0 Å². The number of carbonyl (C=O) groups is 3. The van der Waals surface area contributed by atoms with Crippen LogP contribution in [0, 0.1) is 5.92 Å². The molecule has 0 aromatic carbocycles. The van der Waals surface area contributed by atoms with Crippen molar-refractivity contribution in [3.8, 4) is 0 Å². The molecule has 0 aliphatic carbocycles. The van der Waals surface area contributed by atoms with Gasteiger partial charge in [0.05, 0.1) is 0 Å². The van der Waals surface area contributed by atoms with E-state index in [0.29, 0.717) is 0 Å². The molecular formula is C7H7O6-3. The van der Waals surface area contributed by atoms with Gasteiger partial charge in [0.2, 0.25) is 0 Å². The fourth-order valence-electron chi connectivity index (χ4n) is 0.797.